The summed E-state index contributed by atoms with van der Waals surface area (Å²) in [6.45, 7) is 6.95. The van der Waals surface area contributed by atoms with Crippen LogP contribution in [0.4, 0.5) is 0 Å². The van der Waals surface area contributed by atoms with Crippen molar-refractivity contribution in [3.8, 4) is 0 Å². The first-order valence-electron chi connectivity index (χ1n) is 7.29. The van der Waals surface area contributed by atoms with E-state index in [9.17, 15) is 4.79 Å². The SMILES string of the molecule is CCCCCC(C)C(C)CCCCCC(=O)O. The first-order chi connectivity index (χ1) is 8.07. The molecule has 0 aliphatic heterocycles. The van der Waals surface area contributed by atoms with Crippen molar-refractivity contribution in [2.45, 2.75) is 78.6 Å². The minimum absolute atomic E-state index is 0.334. The van der Waals surface area contributed by atoms with E-state index in [1.165, 1.54) is 38.5 Å². The Morgan fingerprint density at radius 3 is 1.94 bits per heavy atom. The molecule has 0 bridgehead atoms. The van der Waals surface area contributed by atoms with Crippen molar-refractivity contribution in [3.63, 3.8) is 0 Å². The van der Waals surface area contributed by atoms with Crippen molar-refractivity contribution < 1.29 is 9.90 Å². The van der Waals surface area contributed by atoms with E-state index in [0.717, 1.165) is 24.7 Å². The van der Waals surface area contributed by atoms with Crippen molar-refractivity contribution in [1.82, 2.24) is 0 Å². The summed E-state index contributed by atoms with van der Waals surface area (Å²) in [6.07, 6.45) is 10.1. The number of aliphatic carboxylic acids is 1. The van der Waals surface area contributed by atoms with Crippen molar-refractivity contribution >= 4 is 5.97 Å². The molecule has 2 heteroatoms. The molecule has 0 saturated carbocycles. The highest BCUT2D eigenvalue weighted by Crippen LogP contribution is 2.23. The molecule has 0 aliphatic carbocycles. The van der Waals surface area contributed by atoms with Crippen molar-refractivity contribution in [2.75, 3.05) is 0 Å². The van der Waals surface area contributed by atoms with Crippen LogP contribution in [-0.4, -0.2) is 11.1 Å². The van der Waals surface area contributed by atoms with Crippen LogP contribution in [0.1, 0.15) is 78.6 Å². The highest BCUT2D eigenvalue weighted by atomic mass is 16.4. The molecule has 0 heterocycles. The molecule has 0 aromatic carbocycles. The fourth-order valence-corrected chi connectivity index (χ4v) is 2.20. The summed E-state index contributed by atoms with van der Waals surface area (Å²) >= 11 is 0. The average Bonchev–Trinajstić information content (AvgIpc) is 2.28. The van der Waals surface area contributed by atoms with Crippen LogP contribution in [0.3, 0.4) is 0 Å². The van der Waals surface area contributed by atoms with E-state index < -0.39 is 5.97 Å². The second kappa shape index (κ2) is 10.6. The quantitative estimate of drug-likeness (QED) is 0.525. The Kier molecular flexibility index (Phi) is 10.3. The lowest BCUT2D eigenvalue weighted by Gasteiger charge is -2.19. The molecule has 0 aromatic heterocycles. The molecule has 2 unspecified atom stereocenters. The summed E-state index contributed by atoms with van der Waals surface area (Å²) in [7, 11) is 0. The number of unbranched alkanes of at least 4 members (excludes halogenated alkanes) is 4. The Morgan fingerprint density at radius 2 is 1.47 bits per heavy atom. The van der Waals surface area contributed by atoms with Crippen LogP contribution in [-0.2, 0) is 4.79 Å². The van der Waals surface area contributed by atoms with Crippen LogP contribution in [0.25, 0.3) is 0 Å². The van der Waals surface area contributed by atoms with Gasteiger partial charge >= 0.3 is 5.97 Å². The minimum Gasteiger partial charge on any atom is -0.481 e. The smallest absolute Gasteiger partial charge is 0.303 e. The van der Waals surface area contributed by atoms with E-state index in [-0.39, 0.29) is 0 Å². The first kappa shape index (κ1) is 16.5. The van der Waals surface area contributed by atoms with Gasteiger partial charge < -0.3 is 5.11 Å². The lowest BCUT2D eigenvalue weighted by molar-refractivity contribution is -0.137. The van der Waals surface area contributed by atoms with Crippen molar-refractivity contribution in [3.05, 3.63) is 0 Å². The van der Waals surface area contributed by atoms with Crippen LogP contribution in [0.2, 0.25) is 0 Å². The van der Waals surface area contributed by atoms with Gasteiger partial charge in [0.05, 0.1) is 0 Å². The first-order valence-corrected chi connectivity index (χ1v) is 7.29. The van der Waals surface area contributed by atoms with Gasteiger partial charge in [0.1, 0.15) is 0 Å². The summed E-state index contributed by atoms with van der Waals surface area (Å²) < 4.78 is 0. The third kappa shape index (κ3) is 10.3. The predicted octanol–water partition coefficient (Wildman–Crippen LogP) is 4.87. The van der Waals surface area contributed by atoms with Gasteiger partial charge in [0.2, 0.25) is 0 Å². The Bertz CT molecular complexity index is 189. The molecule has 0 spiro atoms. The van der Waals surface area contributed by atoms with Crippen LogP contribution in [0.15, 0.2) is 0 Å². The maximum Gasteiger partial charge on any atom is 0.303 e. The Labute approximate surface area is 107 Å². The van der Waals surface area contributed by atoms with Crippen LogP contribution >= 0.6 is 0 Å². The zero-order chi connectivity index (χ0) is 13.1. The van der Waals surface area contributed by atoms with Gasteiger partial charge in [-0.25, -0.2) is 0 Å². The maximum atomic E-state index is 10.4. The molecule has 0 radical (unpaired) electrons. The molecule has 0 aliphatic rings. The van der Waals surface area contributed by atoms with Gasteiger partial charge in [-0.15, -0.1) is 0 Å². The van der Waals surface area contributed by atoms with E-state index in [0.29, 0.717) is 6.42 Å². The van der Waals surface area contributed by atoms with E-state index in [4.69, 9.17) is 5.11 Å². The lowest BCUT2D eigenvalue weighted by Crippen LogP contribution is -2.08. The van der Waals surface area contributed by atoms with Crippen molar-refractivity contribution in [2.24, 2.45) is 11.8 Å². The molecule has 102 valence electrons. The zero-order valence-corrected chi connectivity index (χ0v) is 11.9. The number of rotatable bonds is 11. The molecular weight excluding hydrogens is 212 g/mol. The summed E-state index contributed by atoms with van der Waals surface area (Å²) in [5, 5.41) is 8.53. The fourth-order valence-electron chi connectivity index (χ4n) is 2.20. The van der Waals surface area contributed by atoms with Gasteiger partial charge in [-0.1, -0.05) is 65.7 Å². The number of carboxylic acids is 1. The van der Waals surface area contributed by atoms with Gasteiger partial charge in [0.25, 0.3) is 0 Å². The molecule has 0 aromatic rings. The summed E-state index contributed by atoms with van der Waals surface area (Å²) in [6, 6.07) is 0. The summed E-state index contributed by atoms with van der Waals surface area (Å²) in [5.74, 6) is 0.948. The van der Waals surface area contributed by atoms with E-state index >= 15 is 0 Å². The maximum absolute atomic E-state index is 10.4. The van der Waals surface area contributed by atoms with Crippen LogP contribution in [0, 0.1) is 11.8 Å². The van der Waals surface area contributed by atoms with E-state index in [2.05, 4.69) is 20.8 Å². The molecular formula is C15H30O2. The second-order valence-electron chi connectivity index (χ2n) is 5.44. The third-order valence-corrected chi connectivity index (χ3v) is 3.78. The molecule has 0 fully saturated rings. The van der Waals surface area contributed by atoms with Gasteiger partial charge in [0.15, 0.2) is 0 Å². The molecule has 0 amide bonds. The van der Waals surface area contributed by atoms with Gasteiger partial charge in [-0.3, -0.25) is 4.79 Å². The molecule has 17 heavy (non-hydrogen) atoms. The number of hydrogen-bond donors (Lipinski definition) is 1. The lowest BCUT2D eigenvalue weighted by atomic mass is 9.87. The summed E-state index contributed by atoms with van der Waals surface area (Å²) in [4.78, 5) is 10.4. The second-order valence-corrected chi connectivity index (χ2v) is 5.44. The number of carboxylic acid groups (broad SMARTS) is 1. The molecule has 0 rings (SSSR count). The Hall–Kier alpha value is -0.530. The van der Waals surface area contributed by atoms with E-state index in [1.54, 1.807) is 0 Å². The monoisotopic (exact) mass is 242 g/mol. The minimum atomic E-state index is -0.661. The Balaban J connectivity index is 3.43. The number of hydrogen-bond acceptors (Lipinski definition) is 1. The topological polar surface area (TPSA) is 37.3 Å². The standard InChI is InChI=1S/C15H30O2/c1-4-5-7-10-13(2)14(3)11-8-6-9-12-15(16)17/h13-14H,4-12H2,1-3H3,(H,16,17). The fraction of sp³-hybridized carbons (Fsp3) is 0.933. The van der Waals surface area contributed by atoms with Crippen LogP contribution in [0.5, 0.6) is 0 Å². The van der Waals surface area contributed by atoms with Crippen molar-refractivity contribution in [1.29, 1.82) is 0 Å². The predicted molar refractivity (Wildman–Crippen MR) is 73.2 cm³/mol. The molecule has 1 N–H and O–H groups in total. The van der Waals surface area contributed by atoms with Gasteiger partial charge in [-0.05, 0) is 18.3 Å². The number of carbonyl (C=O) groups is 1. The molecule has 2 nitrogen and oxygen atoms in total. The Morgan fingerprint density at radius 1 is 0.941 bits per heavy atom. The van der Waals surface area contributed by atoms with E-state index in [1.807, 2.05) is 0 Å². The van der Waals surface area contributed by atoms with Gasteiger partial charge in [-0.2, -0.15) is 0 Å². The van der Waals surface area contributed by atoms with Gasteiger partial charge in [0, 0.05) is 6.42 Å². The molecule has 0 saturated heterocycles. The zero-order valence-electron chi connectivity index (χ0n) is 11.9. The largest absolute Gasteiger partial charge is 0.481 e. The molecule has 2 atom stereocenters. The highest BCUT2D eigenvalue weighted by Gasteiger charge is 2.11. The average molecular weight is 242 g/mol. The third-order valence-electron chi connectivity index (χ3n) is 3.78. The summed E-state index contributed by atoms with van der Waals surface area (Å²) in [5.41, 5.74) is 0. The highest BCUT2D eigenvalue weighted by molar-refractivity contribution is 5.66. The van der Waals surface area contributed by atoms with Crippen LogP contribution < -0.4 is 0 Å². The normalized spacial score (nSPS) is 14.5.